The third-order valence-corrected chi connectivity index (χ3v) is 6.51. The van der Waals surface area contributed by atoms with Crippen LogP contribution in [0.2, 0.25) is 0 Å². The number of hydrogen-bond acceptors (Lipinski definition) is 7. The average Bonchev–Trinajstić information content (AvgIpc) is 3.78. The normalized spacial score (nSPS) is 13.2. The molecule has 1 aliphatic rings. The molecule has 0 radical (unpaired) electrons. The molecule has 1 aliphatic carbocycles. The lowest BCUT2D eigenvalue weighted by Crippen LogP contribution is -2.35. The number of benzene rings is 3. The first-order valence-corrected chi connectivity index (χ1v) is 12.3. The molecule has 3 N–H and O–H groups in total. The molecule has 1 fully saturated rings. The lowest BCUT2D eigenvalue weighted by Gasteiger charge is -2.16. The van der Waals surface area contributed by atoms with Crippen molar-refractivity contribution in [3.05, 3.63) is 78.7 Å². The molecular weight excluding hydrogens is 519 g/mol. The minimum atomic E-state index is -1.17. The number of methoxy groups -OCH3 is 2. The van der Waals surface area contributed by atoms with E-state index in [0.717, 1.165) is 0 Å². The fourth-order valence-electron chi connectivity index (χ4n) is 4.12. The first-order valence-electron chi connectivity index (χ1n) is 12.3. The molecule has 0 spiro atoms. The van der Waals surface area contributed by atoms with Gasteiger partial charge >= 0.3 is 6.09 Å². The summed E-state index contributed by atoms with van der Waals surface area (Å²) in [6.07, 6.45) is 1.77. The summed E-state index contributed by atoms with van der Waals surface area (Å²) in [5.74, 6) is 0.106. The van der Waals surface area contributed by atoms with Gasteiger partial charge in [0.25, 0.3) is 0 Å². The summed E-state index contributed by atoms with van der Waals surface area (Å²) in [4.78, 5) is 41.9. The molecule has 0 atom stereocenters. The molecule has 1 heterocycles. The molecule has 10 nitrogen and oxygen atoms in total. The number of fused-ring (bicyclic) bond motifs is 1. The number of hydrogen-bond donors (Lipinski definition) is 3. The van der Waals surface area contributed by atoms with Gasteiger partial charge in [-0.2, -0.15) is 0 Å². The molecule has 3 amide bonds. The highest BCUT2D eigenvalue weighted by Gasteiger charge is 2.56. The maximum atomic E-state index is 13.1. The van der Waals surface area contributed by atoms with E-state index in [-0.39, 0.29) is 0 Å². The average molecular weight is 545 g/mol. The zero-order chi connectivity index (χ0) is 28.3. The number of carbonyl (C=O) groups excluding carboxylic acids is 3. The Bertz CT molecular complexity index is 1590. The number of nitrogens with zero attached hydrogens (tertiary/aromatic N) is 1. The minimum Gasteiger partial charge on any atom is -0.494 e. The molecule has 3 aromatic carbocycles. The molecule has 5 rings (SSSR count). The van der Waals surface area contributed by atoms with Crippen molar-refractivity contribution in [3.63, 3.8) is 0 Å². The Balaban J connectivity index is 1.28. The fourth-order valence-corrected chi connectivity index (χ4v) is 4.12. The predicted octanol–water partition coefficient (Wildman–Crippen LogP) is 5.71. The highest BCUT2D eigenvalue weighted by molar-refractivity contribution is 6.16. The highest BCUT2D eigenvalue weighted by atomic mass is 19.1. The molecule has 0 bridgehead atoms. The number of amides is 3. The molecule has 1 saturated carbocycles. The minimum absolute atomic E-state index is 0.384. The van der Waals surface area contributed by atoms with E-state index in [9.17, 15) is 18.8 Å². The Hall–Kier alpha value is -5.19. The molecule has 0 unspecified atom stereocenters. The summed E-state index contributed by atoms with van der Waals surface area (Å²) in [7, 11) is 2.74. The third-order valence-electron chi connectivity index (χ3n) is 6.51. The van der Waals surface area contributed by atoms with Crippen LogP contribution in [0, 0.1) is 11.2 Å². The van der Waals surface area contributed by atoms with Gasteiger partial charge in [0.1, 0.15) is 28.5 Å². The van der Waals surface area contributed by atoms with Gasteiger partial charge in [-0.15, -0.1) is 0 Å². The summed E-state index contributed by atoms with van der Waals surface area (Å²) < 4.78 is 29.3. The van der Waals surface area contributed by atoms with Gasteiger partial charge in [-0.25, -0.2) is 9.18 Å². The van der Waals surface area contributed by atoms with Gasteiger partial charge < -0.3 is 24.8 Å². The second-order valence-corrected chi connectivity index (χ2v) is 9.12. The lowest BCUT2D eigenvalue weighted by molar-refractivity contribution is -0.131. The molecule has 40 heavy (non-hydrogen) atoms. The van der Waals surface area contributed by atoms with Crippen LogP contribution in [0.4, 0.5) is 26.2 Å². The van der Waals surface area contributed by atoms with E-state index in [1.165, 1.54) is 38.5 Å². The van der Waals surface area contributed by atoms with E-state index in [1.807, 2.05) is 0 Å². The Morgan fingerprint density at radius 3 is 2.02 bits per heavy atom. The van der Waals surface area contributed by atoms with Gasteiger partial charge in [0.05, 0.1) is 25.4 Å². The van der Waals surface area contributed by atoms with E-state index in [2.05, 4.69) is 25.7 Å². The second-order valence-electron chi connectivity index (χ2n) is 9.12. The third kappa shape index (κ3) is 5.48. The maximum absolute atomic E-state index is 13.1. The number of nitrogens with one attached hydrogen (secondary N) is 3. The van der Waals surface area contributed by atoms with Crippen molar-refractivity contribution in [2.45, 2.75) is 12.8 Å². The van der Waals surface area contributed by atoms with Crippen molar-refractivity contribution in [1.82, 2.24) is 4.98 Å². The number of rotatable bonds is 8. The molecule has 4 aromatic rings. The Labute approximate surface area is 228 Å². The van der Waals surface area contributed by atoms with Crippen LogP contribution in [0.5, 0.6) is 17.2 Å². The number of ether oxygens (including phenoxy) is 3. The van der Waals surface area contributed by atoms with Gasteiger partial charge in [0.15, 0.2) is 0 Å². The van der Waals surface area contributed by atoms with Gasteiger partial charge in [-0.05, 0) is 73.5 Å². The van der Waals surface area contributed by atoms with Crippen LogP contribution in [-0.4, -0.2) is 37.1 Å². The van der Waals surface area contributed by atoms with Crippen molar-refractivity contribution in [2.75, 3.05) is 30.2 Å². The van der Waals surface area contributed by atoms with Crippen molar-refractivity contribution in [3.8, 4) is 17.2 Å². The zero-order valence-electron chi connectivity index (χ0n) is 21.6. The summed E-state index contributed by atoms with van der Waals surface area (Å²) in [6, 6.07) is 17.1. The molecule has 11 heteroatoms. The molecule has 0 saturated heterocycles. The van der Waals surface area contributed by atoms with E-state index >= 15 is 0 Å². The van der Waals surface area contributed by atoms with Crippen molar-refractivity contribution in [1.29, 1.82) is 0 Å². The number of pyridine rings is 1. The summed E-state index contributed by atoms with van der Waals surface area (Å²) in [5, 5.41) is 8.71. The van der Waals surface area contributed by atoms with Crippen LogP contribution in [-0.2, 0) is 14.3 Å². The quantitative estimate of drug-likeness (QED) is 0.242. The number of halogens is 1. The lowest BCUT2D eigenvalue weighted by atomic mass is 10.0. The summed E-state index contributed by atoms with van der Waals surface area (Å²) in [6.45, 7) is 0. The van der Waals surface area contributed by atoms with Crippen LogP contribution >= 0.6 is 0 Å². The van der Waals surface area contributed by atoms with Crippen molar-refractivity contribution in [2.24, 2.45) is 5.41 Å². The van der Waals surface area contributed by atoms with Crippen LogP contribution in [0.25, 0.3) is 10.9 Å². The van der Waals surface area contributed by atoms with Gasteiger partial charge in [-0.1, -0.05) is 0 Å². The smallest absolute Gasteiger partial charge is 0.411 e. The standard InChI is InChI=1S/C29H25FN4O6/c1-38-25-16-22-21(15-23(25)34-28(37)39-2)24(11-14-31-22)40-20-9-7-19(8-10-20)33-27(36)29(12-13-29)26(35)32-18-5-3-17(30)4-6-18/h3-11,14-16H,12-13H2,1-2H3,(H,32,35)(H,33,36)(H,34,37). The summed E-state index contributed by atoms with van der Waals surface area (Å²) in [5.41, 5.74) is 0.711. The molecule has 204 valence electrons. The van der Waals surface area contributed by atoms with Crippen molar-refractivity contribution < 1.29 is 33.0 Å². The van der Waals surface area contributed by atoms with Crippen LogP contribution < -0.4 is 25.4 Å². The maximum Gasteiger partial charge on any atom is 0.411 e. The van der Waals surface area contributed by atoms with Crippen LogP contribution in [0.15, 0.2) is 72.9 Å². The first kappa shape index (κ1) is 26.4. The summed E-state index contributed by atoms with van der Waals surface area (Å²) >= 11 is 0. The molecule has 1 aromatic heterocycles. The van der Waals surface area contributed by atoms with Crippen LogP contribution in [0.1, 0.15) is 12.8 Å². The first-order chi connectivity index (χ1) is 19.3. The van der Waals surface area contributed by atoms with Gasteiger partial charge in [-0.3, -0.25) is 19.9 Å². The number of carbonyl (C=O) groups is 3. The Kier molecular flexibility index (Phi) is 7.19. The van der Waals surface area contributed by atoms with E-state index in [1.54, 1.807) is 48.7 Å². The number of aromatic nitrogens is 1. The van der Waals surface area contributed by atoms with Crippen molar-refractivity contribution >= 4 is 45.9 Å². The largest absolute Gasteiger partial charge is 0.494 e. The monoisotopic (exact) mass is 544 g/mol. The number of anilines is 3. The molecular formula is C29H25FN4O6. The van der Waals surface area contributed by atoms with Gasteiger partial charge in [0, 0.05) is 29.0 Å². The Morgan fingerprint density at radius 1 is 0.825 bits per heavy atom. The highest BCUT2D eigenvalue weighted by Crippen LogP contribution is 2.47. The van der Waals surface area contributed by atoms with E-state index < -0.39 is 29.1 Å². The Morgan fingerprint density at radius 2 is 1.45 bits per heavy atom. The van der Waals surface area contributed by atoms with E-state index in [4.69, 9.17) is 9.47 Å². The molecule has 0 aliphatic heterocycles. The topological polar surface area (TPSA) is 128 Å². The predicted molar refractivity (Wildman–Crippen MR) is 146 cm³/mol. The SMILES string of the molecule is COC(=O)Nc1cc2c(Oc3ccc(NC(=O)C4(C(=O)Nc5ccc(F)cc5)CC4)cc3)ccnc2cc1OC. The van der Waals surface area contributed by atoms with Gasteiger partial charge in [0.2, 0.25) is 11.8 Å². The van der Waals surface area contributed by atoms with E-state index in [0.29, 0.717) is 58.1 Å². The zero-order valence-corrected chi connectivity index (χ0v) is 21.6. The fraction of sp³-hybridized carbons (Fsp3) is 0.172. The van der Waals surface area contributed by atoms with Crippen LogP contribution in [0.3, 0.4) is 0 Å². The second kappa shape index (κ2) is 10.9.